The van der Waals surface area contributed by atoms with Gasteiger partial charge in [-0.2, -0.15) is 0 Å². The maximum Gasteiger partial charge on any atom is 0.258 e. The first-order chi connectivity index (χ1) is 4.10. The van der Waals surface area contributed by atoms with E-state index >= 15 is 0 Å². The molecule has 0 saturated carbocycles. The van der Waals surface area contributed by atoms with Crippen LogP contribution in [-0.2, 0) is 18.6 Å². The first-order valence-corrected chi connectivity index (χ1v) is 3.03. The fourth-order valence-electron chi connectivity index (χ4n) is 1.05. The molecule has 1 heterocycles. The molecule has 0 bridgehead atoms. The van der Waals surface area contributed by atoms with Crippen LogP contribution < -0.4 is 0 Å². The van der Waals surface area contributed by atoms with Gasteiger partial charge in [0.25, 0.3) is 5.92 Å². The van der Waals surface area contributed by atoms with Crippen molar-refractivity contribution in [1.29, 1.82) is 0 Å². The van der Waals surface area contributed by atoms with Crippen LogP contribution in [0.5, 0.6) is 0 Å². The van der Waals surface area contributed by atoms with E-state index in [-0.39, 0.29) is 31.5 Å². The Morgan fingerprint density at radius 2 is 2.00 bits per heavy atom. The molecule has 1 saturated heterocycles. The molecule has 1 nitrogen and oxygen atoms in total. The second-order valence-corrected chi connectivity index (χ2v) is 2.51. The smallest absolute Gasteiger partial charge is 0.258 e. The number of hydrogen-bond donors (Lipinski definition) is 0. The summed E-state index contributed by atoms with van der Waals surface area (Å²) in [6.07, 6.45) is 0.593. The minimum atomic E-state index is -2.49. The van der Waals surface area contributed by atoms with Crippen LogP contribution in [0.25, 0.3) is 0 Å². The van der Waals surface area contributed by atoms with Gasteiger partial charge in [-0.3, -0.25) is 7.05 Å². The van der Waals surface area contributed by atoms with Crippen LogP contribution in [0.1, 0.15) is 12.8 Å². The summed E-state index contributed by atoms with van der Waals surface area (Å²) in [6, 6.07) is 0. The van der Waals surface area contributed by atoms with Gasteiger partial charge in [-0.15, -0.1) is 0 Å². The monoisotopic (exact) mass is 185 g/mol. The summed E-state index contributed by atoms with van der Waals surface area (Å²) < 4.78 is 24.7. The van der Waals surface area contributed by atoms with Gasteiger partial charge >= 0.3 is 0 Å². The molecule has 59 valence electrons. The van der Waals surface area contributed by atoms with Crippen molar-refractivity contribution in [2.24, 2.45) is 0 Å². The zero-order valence-corrected chi connectivity index (χ0v) is 7.08. The molecule has 0 aromatic rings. The third kappa shape index (κ3) is 2.99. The summed E-state index contributed by atoms with van der Waals surface area (Å²) >= 11 is 0. The van der Waals surface area contributed by atoms with E-state index < -0.39 is 5.92 Å². The van der Waals surface area contributed by atoms with E-state index in [9.17, 15) is 8.78 Å². The van der Waals surface area contributed by atoms with Crippen LogP contribution in [0.2, 0.25) is 0 Å². The molecule has 0 aliphatic carbocycles. The SMILES string of the molecule is [CH2-]N1CCCC(F)(F)C1.[V]. The largest absolute Gasteiger partial charge is 0.454 e. The van der Waals surface area contributed by atoms with E-state index in [1.807, 2.05) is 0 Å². The second-order valence-electron chi connectivity index (χ2n) is 2.51. The minimum Gasteiger partial charge on any atom is -0.454 e. The zero-order chi connectivity index (χ0) is 6.91. The molecule has 0 spiro atoms. The van der Waals surface area contributed by atoms with Gasteiger partial charge in [-0.25, -0.2) is 8.78 Å². The standard InChI is InChI=1S/C6H10F2N.V/c1-9-4-2-3-6(7,8)5-9;/h1-5H2;/q-1;. The Labute approximate surface area is 71.7 Å². The average molecular weight is 185 g/mol. The Kier molecular flexibility index (Phi) is 3.85. The minimum absolute atomic E-state index is 0. The molecule has 0 aromatic heterocycles. The summed E-state index contributed by atoms with van der Waals surface area (Å²) in [4.78, 5) is 1.42. The number of halogens is 2. The van der Waals surface area contributed by atoms with Crippen LogP contribution in [0.3, 0.4) is 0 Å². The molecule has 1 aliphatic rings. The van der Waals surface area contributed by atoms with Gasteiger partial charge < -0.3 is 4.90 Å². The quantitative estimate of drug-likeness (QED) is 0.517. The molecule has 10 heavy (non-hydrogen) atoms. The zero-order valence-electron chi connectivity index (χ0n) is 5.69. The van der Waals surface area contributed by atoms with Crippen molar-refractivity contribution >= 4 is 0 Å². The van der Waals surface area contributed by atoms with Crippen molar-refractivity contribution in [3.63, 3.8) is 0 Å². The molecule has 0 unspecified atom stereocenters. The Hall–Kier alpha value is 0.404. The van der Waals surface area contributed by atoms with Crippen molar-refractivity contribution in [2.45, 2.75) is 18.8 Å². The van der Waals surface area contributed by atoms with Crippen LogP contribution in [0.4, 0.5) is 8.78 Å². The Morgan fingerprint density at radius 3 is 2.30 bits per heavy atom. The fourth-order valence-corrected chi connectivity index (χ4v) is 1.05. The summed E-state index contributed by atoms with van der Waals surface area (Å²) in [6.45, 7) is 0.530. The normalized spacial score (nSPS) is 25.5. The summed E-state index contributed by atoms with van der Waals surface area (Å²) in [5, 5.41) is 0. The number of hydrogen-bond acceptors (Lipinski definition) is 1. The van der Waals surface area contributed by atoms with Crippen LogP contribution in [-0.4, -0.2) is 23.9 Å². The topological polar surface area (TPSA) is 3.24 Å². The molecule has 1 rings (SSSR count). The molecular weight excluding hydrogens is 175 g/mol. The summed E-state index contributed by atoms with van der Waals surface area (Å²) in [5.74, 6) is -2.49. The van der Waals surface area contributed by atoms with Crippen molar-refractivity contribution in [1.82, 2.24) is 4.90 Å². The molecular formula is C6H10F2NV-. The molecule has 0 N–H and O–H groups in total. The number of likely N-dealkylation sites (tertiary alicyclic amines) is 1. The van der Waals surface area contributed by atoms with Gasteiger partial charge in [0.05, 0.1) is 0 Å². The van der Waals surface area contributed by atoms with Crippen molar-refractivity contribution in [2.75, 3.05) is 13.1 Å². The van der Waals surface area contributed by atoms with Crippen LogP contribution in [0.15, 0.2) is 0 Å². The molecule has 1 fully saturated rings. The van der Waals surface area contributed by atoms with Crippen LogP contribution in [0, 0.1) is 7.05 Å². The molecule has 0 aromatic carbocycles. The van der Waals surface area contributed by atoms with E-state index in [2.05, 4.69) is 7.05 Å². The first kappa shape index (κ1) is 10.4. The fraction of sp³-hybridized carbons (Fsp3) is 0.833. The molecule has 4 heteroatoms. The third-order valence-corrected chi connectivity index (χ3v) is 1.47. The number of nitrogens with zero attached hydrogens (tertiary/aromatic N) is 1. The van der Waals surface area contributed by atoms with Gasteiger partial charge in [0.2, 0.25) is 0 Å². The first-order valence-electron chi connectivity index (χ1n) is 3.03. The van der Waals surface area contributed by atoms with Crippen molar-refractivity contribution < 1.29 is 27.3 Å². The van der Waals surface area contributed by atoms with E-state index in [1.54, 1.807) is 0 Å². The van der Waals surface area contributed by atoms with Crippen molar-refractivity contribution in [3.05, 3.63) is 7.05 Å². The number of rotatable bonds is 0. The Morgan fingerprint density at radius 1 is 1.40 bits per heavy atom. The van der Waals surface area contributed by atoms with Gasteiger partial charge in [0, 0.05) is 31.5 Å². The summed E-state index contributed by atoms with van der Waals surface area (Å²) in [5.41, 5.74) is 0. The molecule has 0 atom stereocenters. The van der Waals surface area contributed by atoms with Crippen molar-refractivity contribution in [3.8, 4) is 0 Å². The predicted octanol–water partition coefficient (Wildman–Crippen LogP) is 1.51. The number of piperidine rings is 1. The van der Waals surface area contributed by atoms with Gasteiger partial charge in [-0.05, 0) is 13.0 Å². The predicted molar refractivity (Wildman–Crippen MR) is 31.1 cm³/mol. The maximum atomic E-state index is 12.4. The molecule has 1 aliphatic heterocycles. The maximum absolute atomic E-state index is 12.4. The van der Waals surface area contributed by atoms with E-state index in [4.69, 9.17) is 0 Å². The Bertz CT molecular complexity index is 108. The molecule has 0 amide bonds. The van der Waals surface area contributed by atoms with Gasteiger partial charge in [0.15, 0.2) is 0 Å². The van der Waals surface area contributed by atoms with E-state index in [0.29, 0.717) is 13.0 Å². The van der Waals surface area contributed by atoms with E-state index in [0.717, 1.165) is 0 Å². The van der Waals surface area contributed by atoms with Gasteiger partial charge in [-0.1, -0.05) is 0 Å². The van der Waals surface area contributed by atoms with Gasteiger partial charge in [0.1, 0.15) is 0 Å². The van der Waals surface area contributed by atoms with E-state index in [1.165, 1.54) is 4.90 Å². The van der Waals surface area contributed by atoms with Crippen LogP contribution >= 0.6 is 0 Å². The average Bonchev–Trinajstić information content (AvgIpc) is 1.60. The second kappa shape index (κ2) is 3.70. The molecule has 1 radical (unpaired) electrons. The third-order valence-electron chi connectivity index (χ3n) is 1.47. The Balaban J connectivity index is 0.000000810. The number of alkyl halides is 2. The summed E-state index contributed by atoms with van der Waals surface area (Å²) in [7, 11) is 3.45.